The molecule has 2 aromatic heterocycles. The SMILES string of the molecule is O=C(c1ccncn1)N1CCC[C@@H](Cc2cccc3cccnc23)CC1. The molecule has 1 aromatic carbocycles. The van der Waals surface area contributed by atoms with E-state index in [4.69, 9.17) is 0 Å². The summed E-state index contributed by atoms with van der Waals surface area (Å²) in [5, 5.41) is 1.19. The zero-order valence-electron chi connectivity index (χ0n) is 14.7. The minimum absolute atomic E-state index is 0.0138. The summed E-state index contributed by atoms with van der Waals surface area (Å²) in [5.41, 5.74) is 2.90. The minimum atomic E-state index is 0.0138. The summed E-state index contributed by atoms with van der Waals surface area (Å²) < 4.78 is 0. The van der Waals surface area contributed by atoms with Gasteiger partial charge in [0, 0.05) is 30.9 Å². The van der Waals surface area contributed by atoms with Gasteiger partial charge in [-0.1, -0.05) is 24.3 Å². The number of hydrogen-bond donors (Lipinski definition) is 0. The smallest absolute Gasteiger partial charge is 0.272 e. The Bertz CT molecular complexity index is 891. The molecule has 1 aliphatic heterocycles. The molecule has 0 unspecified atom stereocenters. The molecule has 132 valence electrons. The average molecular weight is 346 g/mol. The molecule has 5 heteroatoms. The number of fused-ring (bicyclic) bond motifs is 1. The standard InChI is InChI=1S/C21H22N4O/c26-21(19-8-11-22-15-24-19)25-12-3-4-16(9-13-25)14-18-6-1-5-17-7-2-10-23-20(17)18/h1-2,5-8,10-11,15-16H,3-4,9,12-14H2/t16-/m1/s1. The number of amides is 1. The van der Waals surface area contributed by atoms with E-state index in [1.807, 2.05) is 17.2 Å². The lowest BCUT2D eigenvalue weighted by molar-refractivity contribution is 0.0754. The highest BCUT2D eigenvalue weighted by Crippen LogP contribution is 2.25. The first-order chi connectivity index (χ1) is 12.8. The van der Waals surface area contributed by atoms with Crippen LogP contribution in [0.15, 0.2) is 55.1 Å². The first-order valence-electron chi connectivity index (χ1n) is 9.19. The van der Waals surface area contributed by atoms with Crippen molar-refractivity contribution in [3.05, 3.63) is 66.4 Å². The lowest BCUT2D eigenvalue weighted by Crippen LogP contribution is -2.32. The number of likely N-dealkylation sites (tertiary alicyclic amines) is 1. The average Bonchev–Trinajstić information content (AvgIpc) is 2.94. The fraction of sp³-hybridized carbons (Fsp3) is 0.333. The molecule has 1 saturated heterocycles. The van der Waals surface area contributed by atoms with E-state index in [2.05, 4.69) is 39.2 Å². The highest BCUT2D eigenvalue weighted by molar-refractivity contribution is 5.92. The van der Waals surface area contributed by atoms with Crippen molar-refractivity contribution in [1.29, 1.82) is 0 Å². The number of para-hydroxylation sites is 1. The van der Waals surface area contributed by atoms with Crippen LogP contribution in [0.2, 0.25) is 0 Å². The molecule has 1 fully saturated rings. The third-order valence-corrected chi connectivity index (χ3v) is 5.16. The number of rotatable bonds is 3. The van der Waals surface area contributed by atoms with E-state index in [0.29, 0.717) is 11.6 Å². The number of aromatic nitrogens is 3. The van der Waals surface area contributed by atoms with Gasteiger partial charge in [-0.25, -0.2) is 9.97 Å². The van der Waals surface area contributed by atoms with Crippen molar-refractivity contribution >= 4 is 16.8 Å². The van der Waals surface area contributed by atoms with Crippen LogP contribution >= 0.6 is 0 Å². The summed E-state index contributed by atoms with van der Waals surface area (Å²) in [6.07, 6.45) is 9.11. The maximum Gasteiger partial charge on any atom is 0.272 e. The van der Waals surface area contributed by atoms with Gasteiger partial charge < -0.3 is 4.90 Å². The Hall–Kier alpha value is -2.82. The Morgan fingerprint density at radius 1 is 1.04 bits per heavy atom. The summed E-state index contributed by atoms with van der Waals surface area (Å²) in [4.78, 5) is 27.1. The van der Waals surface area contributed by atoms with Crippen LogP contribution in [0.4, 0.5) is 0 Å². The van der Waals surface area contributed by atoms with Crippen LogP contribution < -0.4 is 0 Å². The Morgan fingerprint density at radius 3 is 2.85 bits per heavy atom. The van der Waals surface area contributed by atoms with E-state index in [1.165, 1.54) is 17.3 Å². The van der Waals surface area contributed by atoms with E-state index >= 15 is 0 Å². The number of hydrogen-bond acceptors (Lipinski definition) is 4. The van der Waals surface area contributed by atoms with Gasteiger partial charge in [-0.15, -0.1) is 0 Å². The summed E-state index contributed by atoms with van der Waals surface area (Å²) in [7, 11) is 0. The molecule has 1 aliphatic rings. The maximum atomic E-state index is 12.6. The van der Waals surface area contributed by atoms with Crippen molar-refractivity contribution in [3.8, 4) is 0 Å². The largest absolute Gasteiger partial charge is 0.337 e. The first-order valence-corrected chi connectivity index (χ1v) is 9.19. The predicted octanol–water partition coefficient (Wildman–Crippen LogP) is 3.51. The van der Waals surface area contributed by atoms with Crippen molar-refractivity contribution < 1.29 is 4.79 Å². The lowest BCUT2D eigenvalue weighted by atomic mass is 9.91. The lowest BCUT2D eigenvalue weighted by Gasteiger charge is -2.20. The van der Waals surface area contributed by atoms with Crippen molar-refractivity contribution in [2.75, 3.05) is 13.1 Å². The van der Waals surface area contributed by atoms with Crippen LogP contribution in [0.25, 0.3) is 10.9 Å². The van der Waals surface area contributed by atoms with Crippen molar-refractivity contribution in [1.82, 2.24) is 19.9 Å². The molecule has 5 nitrogen and oxygen atoms in total. The monoisotopic (exact) mass is 346 g/mol. The van der Waals surface area contributed by atoms with E-state index in [0.717, 1.165) is 44.3 Å². The molecule has 3 aromatic rings. The summed E-state index contributed by atoms with van der Waals surface area (Å²) in [6.45, 7) is 1.58. The summed E-state index contributed by atoms with van der Waals surface area (Å²) in [6, 6.07) is 12.2. The molecule has 0 saturated carbocycles. The minimum Gasteiger partial charge on any atom is -0.337 e. The maximum absolute atomic E-state index is 12.6. The van der Waals surface area contributed by atoms with Gasteiger partial charge in [-0.3, -0.25) is 9.78 Å². The number of nitrogens with zero attached hydrogens (tertiary/aromatic N) is 4. The fourth-order valence-electron chi connectivity index (χ4n) is 3.79. The van der Waals surface area contributed by atoms with Gasteiger partial charge in [-0.05, 0) is 49.3 Å². The Morgan fingerprint density at radius 2 is 1.96 bits per heavy atom. The summed E-state index contributed by atoms with van der Waals surface area (Å²) in [5.74, 6) is 0.589. The molecule has 0 N–H and O–H groups in total. The van der Waals surface area contributed by atoms with Crippen LogP contribution in [0.3, 0.4) is 0 Å². The van der Waals surface area contributed by atoms with Gasteiger partial charge >= 0.3 is 0 Å². The molecular formula is C21H22N4O. The normalized spacial score (nSPS) is 17.8. The molecule has 0 aliphatic carbocycles. The molecule has 0 radical (unpaired) electrons. The summed E-state index contributed by atoms with van der Waals surface area (Å²) >= 11 is 0. The van der Waals surface area contributed by atoms with Crippen molar-refractivity contribution in [2.24, 2.45) is 5.92 Å². The van der Waals surface area contributed by atoms with E-state index in [1.54, 1.807) is 12.3 Å². The third kappa shape index (κ3) is 3.57. The number of carbonyl (C=O) groups excluding carboxylic acids is 1. The molecule has 4 rings (SSSR count). The van der Waals surface area contributed by atoms with E-state index in [-0.39, 0.29) is 5.91 Å². The molecule has 26 heavy (non-hydrogen) atoms. The van der Waals surface area contributed by atoms with Crippen LogP contribution in [-0.4, -0.2) is 38.8 Å². The Labute approximate surface area is 153 Å². The number of carbonyl (C=O) groups is 1. The Balaban J connectivity index is 1.45. The van der Waals surface area contributed by atoms with Crippen LogP contribution in [-0.2, 0) is 6.42 Å². The van der Waals surface area contributed by atoms with Gasteiger partial charge in [0.15, 0.2) is 0 Å². The van der Waals surface area contributed by atoms with Crippen molar-refractivity contribution in [3.63, 3.8) is 0 Å². The van der Waals surface area contributed by atoms with E-state index < -0.39 is 0 Å². The fourth-order valence-corrected chi connectivity index (χ4v) is 3.79. The van der Waals surface area contributed by atoms with Crippen molar-refractivity contribution in [2.45, 2.75) is 25.7 Å². The van der Waals surface area contributed by atoms with Gasteiger partial charge in [0.25, 0.3) is 5.91 Å². The third-order valence-electron chi connectivity index (χ3n) is 5.16. The molecule has 1 atom stereocenters. The molecular weight excluding hydrogens is 324 g/mol. The second-order valence-electron chi connectivity index (χ2n) is 6.88. The van der Waals surface area contributed by atoms with Gasteiger partial charge in [0.1, 0.15) is 12.0 Å². The van der Waals surface area contributed by atoms with Gasteiger partial charge in [0.2, 0.25) is 0 Å². The molecule has 3 heterocycles. The van der Waals surface area contributed by atoms with Crippen LogP contribution in [0.5, 0.6) is 0 Å². The highest BCUT2D eigenvalue weighted by atomic mass is 16.2. The number of pyridine rings is 1. The number of benzene rings is 1. The Kier molecular flexibility index (Phi) is 4.86. The molecule has 1 amide bonds. The van der Waals surface area contributed by atoms with Gasteiger partial charge in [-0.2, -0.15) is 0 Å². The zero-order chi connectivity index (χ0) is 17.8. The highest BCUT2D eigenvalue weighted by Gasteiger charge is 2.23. The second kappa shape index (κ2) is 7.60. The van der Waals surface area contributed by atoms with Crippen LogP contribution in [0, 0.1) is 5.92 Å². The predicted molar refractivity (Wildman–Crippen MR) is 101 cm³/mol. The van der Waals surface area contributed by atoms with E-state index in [9.17, 15) is 4.79 Å². The molecule has 0 spiro atoms. The first kappa shape index (κ1) is 16.6. The second-order valence-corrected chi connectivity index (χ2v) is 6.88. The topological polar surface area (TPSA) is 59.0 Å². The quantitative estimate of drug-likeness (QED) is 0.728. The molecule has 0 bridgehead atoms. The zero-order valence-corrected chi connectivity index (χ0v) is 14.7. The van der Waals surface area contributed by atoms with Gasteiger partial charge in [0.05, 0.1) is 5.52 Å². The van der Waals surface area contributed by atoms with Crippen LogP contribution in [0.1, 0.15) is 35.3 Å².